The zero-order chi connectivity index (χ0) is 20.7. The standard InChI is InChI=1S/C20H21NO7/c1-25-16-5-6-17(26-2)12(10-16)11-18(22)21-15-8-13(19(23)27-3)7-14(9-15)20(24)28-4/h5-10H,11H2,1-4H3,(H,21,22). The van der Waals surface area contributed by atoms with Crippen LogP contribution in [0.5, 0.6) is 11.5 Å². The van der Waals surface area contributed by atoms with Gasteiger partial charge >= 0.3 is 11.9 Å². The first-order chi connectivity index (χ1) is 13.4. The summed E-state index contributed by atoms with van der Waals surface area (Å²) < 4.78 is 19.8. The SMILES string of the molecule is COC(=O)c1cc(NC(=O)Cc2cc(OC)ccc2OC)cc(C(=O)OC)c1. The van der Waals surface area contributed by atoms with Crippen LogP contribution in [0, 0.1) is 0 Å². The third-order valence-corrected chi connectivity index (χ3v) is 3.90. The fourth-order valence-electron chi connectivity index (χ4n) is 2.57. The monoisotopic (exact) mass is 387 g/mol. The molecular weight excluding hydrogens is 366 g/mol. The van der Waals surface area contributed by atoms with Gasteiger partial charge in [-0.25, -0.2) is 9.59 Å². The van der Waals surface area contributed by atoms with Crippen LogP contribution < -0.4 is 14.8 Å². The van der Waals surface area contributed by atoms with Gasteiger partial charge in [-0.15, -0.1) is 0 Å². The lowest BCUT2D eigenvalue weighted by atomic mass is 10.1. The molecule has 0 aliphatic rings. The summed E-state index contributed by atoms with van der Waals surface area (Å²) in [5, 5.41) is 2.67. The maximum Gasteiger partial charge on any atom is 0.337 e. The van der Waals surface area contributed by atoms with Gasteiger partial charge < -0.3 is 24.3 Å². The third kappa shape index (κ3) is 5.00. The number of rotatable bonds is 7. The molecule has 148 valence electrons. The molecule has 0 unspecified atom stereocenters. The van der Waals surface area contributed by atoms with Crippen LogP contribution in [0.15, 0.2) is 36.4 Å². The van der Waals surface area contributed by atoms with E-state index in [-0.39, 0.29) is 29.1 Å². The summed E-state index contributed by atoms with van der Waals surface area (Å²) in [6.07, 6.45) is -0.00359. The lowest BCUT2D eigenvalue weighted by molar-refractivity contribution is -0.115. The van der Waals surface area contributed by atoms with Crippen LogP contribution >= 0.6 is 0 Å². The molecule has 2 aromatic rings. The lowest BCUT2D eigenvalue weighted by Gasteiger charge is -2.12. The molecule has 0 aromatic heterocycles. The van der Waals surface area contributed by atoms with Crippen LogP contribution in [0.25, 0.3) is 0 Å². The van der Waals surface area contributed by atoms with E-state index in [4.69, 9.17) is 9.47 Å². The maximum absolute atomic E-state index is 12.5. The van der Waals surface area contributed by atoms with Gasteiger partial charge in [-0.3, -0.25) is 4.79 Å². The van der Waals surface area contributed by atoms with Gasteiger partial charge in [0.2, 0.25) is 5.91 Å². The molecule has 0 saturated carbocycles. The van der Waals surface area contributed by atoms with Crippen molar-refractivity contribution in [3.8, 4) is 11.5 Å². The number of esters is 2. The van der Waals surface area contributed by atoms with Crippen LogP contribution in [0.4, 0.5) is 5.69 Å². The Balaban J connectivity index is 2.28. The molecule has 0 radical (unpaired) electrons. The van der Waals surface area contributed by atoms with Gasteiger partial charge in [-0.05, 0) is 36.4 Å². The van der Waals surface area contributed by atoms with Crippen molar-refractivity contribution in [2.24, 2.45) is 0 Å². The average Bonchev–Trinajstić information content (AvgIpc) is 2.71. The van der Waals surface area contributed by atoms with Gasteiger partial charge in [0.1, 0.15) is 11.5 Å². The molecule has 0 bridgehead atoms. The van der Waals surface area contributed by atoms with Crippen LogP contribution in [0.1, 0.15) is 26.3 Å². The molecule has 8 nitrogen and oxygen atoms in total. The van der Waals surface area contributed by atoms with E-state index in [0.29, 0.717) is 17.1 Å². The predicted molar refractivity (Wildman–Crippen MR) is 101 cm³/mol. The third-order valence-electron chi connectivity index (χ3n) is 3.90. The number of carbonyl (C=O) groups is 3. The van der Waals surface area contributed by atoms with Gasteiger partial charge in [0.05, 0.1) is 46.0 Å². The number of nitrogens with one attached hydrogen (secondary N) is 1. The van der Waals surface area contributed by atoms with Crippen molar-refractivity contribution >= 4 is 23.5 Å². The molecule has 8 heteroatoms. The topological polar surface area (TPSA) is 100 Å². The fourth-order valence-corrected chi connectivity index (χ4v) is 2.57. The Morgan fingerprint density at radius 1 is 0.821 bits per heavy atom. The van der Waals surface area contributed by atoms with Crippen molar-refractivity contribution in [1.29, 1.82) is 0 Å². The van der Waals surface area contributed by atoms with Crippen molar-refractivity contribution < 1.29 is 33.3 Å². The Hall–Kier alpha value is -3.55. The van der Waals surface area contributed by atoms with Crippen LogP contribution in [0.2, 0.25) is 0 Å². The smallest absolute Gasteiger partial charge is 0.337 e. The molecule has 28 heavy (non-hydrogen) atoms. The number of hydrogen-bond acceptors (Lipinski definition) is 7. The summed E-state index contributed by atoms with van der Waals surface area (Å²) in [5.74, 6) is -0.533. The fraction of sp³-hybridized carbons (Fsp3) is 0.250. The van der Waals surface area contributed by atoms with Gasteiger partial charge in [0.25, 0.3) is 0 Å². The quantitative estimate of drug-likeness (QED) is 0.729. The Bertz CT molecular complexity index is 858. The number of methoxy groups -OCH3 is 4. The van der Waals surface area contributed by atoms with Crippen LogP contribution in [-0.4, -0.2) is 46.3 Å². The largest absolute Gasteiger partial charge is 0.497 e. The Morgan fingerprint density at radius 2 is 1.43 bits per heavy atom. The molecule has 0 fully saturated rings. The molecule has 1 N–H and O–H groups in total. The highest BCUT2D eigenvalue weighted by Crippen LogP contribution is 2.25. The first-order valence-corrected chi connectivity index (χ1v) is 8.24. The molecule has 1 amide bonds. The second-order valence-corrected chi connectivity index (χ2v) is 5.68. The molecule has 2 rings (SSSR count). The Kier molecular flexibility index (Phi) is 6.97. The minimum absolute atomic E-state index is 0.00359. The highest BCUT2D eigenvalue weighted by molar-refractivity contribution is 5.99. The number of anilines is 1. The van der Waals surface area contributed by atoms with E-state index in [1.807, 2.05) is 0 Å². The summed E-state index contributed by atoms with van der Waals surface area (Å²) in [5.41, 5.74) is 1.10. The summed E-state index contributed by atoms with van der Waals surface area (Å²) in [6, 6.07) is 9.29. The molecule has 0 aliphatic heterocycles. The predicted octanol–water partition coefficient (Wildman–Crippen LogP) is 2.46. The van der Waals surface area contributed by atoms with Gasteiger partial charge in [-0.2, -0.15) is 0 Å². The summed E-state index contributed by atoms with van der Waals surface area (Å²) >= 11 is 0. The van der Waals surface area contributed by atoms with Crippen molar-refractivity contribution in [2.45, 2.75) is 6.42 Å². The zero-order valence-electron chi connectivity index (χ0n) is 16.0. The highest BCUT2D eigenvalue weighted by Gasteiger charge is 2.16. The van der Waals surface area contributed by atoms with E-state index in [1.165, 1.54) is 46.6 Å². The van der Waals surface area contributed by atoms with E-state index >= 15 is 0 Å². The normalized spacial score (nSPS) is 10.0. The minimum Gasteiger partial charge on any atom is -0.497 e. The van der Waals surface area contributed by atoms with Crippen LogP contribution in [0.3, 0.4) is 0 Å². The second-order valence-electron chi connectivity index (χ2n) is 5.68. The number of carbonyl (C=O) groups excluding carboxylic acids is 3. The summed E-state index contributed by atoms with van der Waals surface area (Å²) in [4.78, 5) is 36.2. The summed E-state index contributed by atoms with van der Waals surface area (Å²) in [6.45, 7) is 0. The molecule has 0 atom stereocenters. The van der Waals surface area contributed by atoms with E-state index in [1.54, 1.807) is 18.2 Å². The molecule has 0 saturated heterocycles. The lowest BCUT2D eigenvalue weighted by Crippen LogP contribution is -2.16. The van der Waals surface area contributed by atoms with E-state index in [2.05, 4.69) is 14.8 Å². The molecular formula is C20H21NO7. The minimum atomic E-state index is -0.643. The van der Waals surface area contributed by atoms with Crippen molar-refractivity contribution in [3.63, 3.8) is 0 Å². The molecule has 0 heterocycles. The van der Waals surface area contributed by atoms with Gasteiger partial charge in [0, 0.05) is 11.3 Å². The van der Waals surface area contributed by atoms with Crippen molar-refractivity contribution in [2.75, 3.05) is 33.8 Å². The van der Waals surface area contributed by atoms with E-state index in [0.717, 1.165) is 0 Å². The number of hydrogen-bond donors (Lipinski definition) is 1. The summed E-state index contributed by atoms with van der Waals surface area (Å²) in [7, 11) is 5.48. The van der Waals surface area contributed by atoms with Crippen molar-refractivity contribution in [1.82, 2.24) is 0 Å². The van der Waals surface area contributed by atoms with Gasteiger partial charge in [-0.1, -0.05) is 0 Å². The average molecular weight is 387 g/mol. The van der Waals surface area contributed by atoms with Crippen molar-refractivity contribution in [3.05, 3.63) is 53.1 Å². The molecule has 0 spiro atoms. The first-order valence-electron chi connectivity index (χ1n) is 8.24. The second kappa shape index (κ2) is 9.40. The number of ether oxygens (including phenoxy) is 4. The molecule has 0 aliphatic carbocycles. The van der Waals surface area contributed by atoms with Gasteiger partial charge in [0.15, 0.2) is 0 Å². The number of benzene rings is 2. The zero-order valence-corrected chi connectivity index (χ0v) is 16.0. The first kappa shape index (κ1) is 20.8. The van der Waals surface area contributed by atoms with E-state index < -0.39 is 11.9 Å². The van der Waals surface area contributed by atoms with E-state index in [9.17, 15) is 14.4 Å². The Morgan fingerprint density at radius 3 is 1.93 bits per heavy atom. The number of amides is 1. The maximum atomic E-state index is 12.5. The highest BCUT2D eigenvalue weighted by atomic mass is 16.5. The van der Waals surface area contributed by atoms with Crippen LogP contribution in [-0.2, 0) is 20.7 Å². The Labute approximate surface area is 162 Å². The molecule has 2 aromatic carbocycles.